The molecule has 0 saturated carbocycles. The van der Waals surface area contributed by atoms with Gasteiger partial charge in [-0.25, -0.2) is 4.68 Å². The van der Waals surface area contributed by atoms with Crippen molar-refractivity contribution in [2.75, 3.05) is 31.1 Å². The van der Waals surface area contributed by atoms with Crippen LogP contribution in [0.25, 0.3) is 11.4 Å². The van der Waals surface area contributed by atoms with Crippen LogP contribution >= 0.6 is 11.8 Å². The Bertz CT molecular complexity index is 944. The molecule has 0 atom stereocenters. The van der Waals surface area contributed by atoms with Gasteiger partial charge < -0.3 is 20.6 Å². The summed E-state index contributed by atoms with van der Waals surface area (Å²) in [6.45, 7) is 0. The van der Waals surface area contributed by atoms with E-state index in [0.717, 1.165) is 5.56 Å². The van der Waals surface area contributed by atoms with E-state index in [1.54, 1.807) is 26.4 Å². The molecule has 140 valence electrons. The van der Waals surface area contributed by atoms with Gasteiger partial charge in [0.15, 0.2) is 5.82 Å². The topological polar surface area (TPSA) is 104 Å². The van der Waals surface area contributed by atoms with E-state index in [0.29, 0.717) is 28.2 Å². The molecule has 0 radical (unpaired) electrons. The number of carbonyl (C=O) groups is 1. The number of carbonyl (C=O) groups excluding carboxylic acids is 1. The number of nitrogens with two attached hydrogens (primary N) is 1. The highest BCUT2D eigenvalue weighted by molar-refractivity contribution is 7.99. The number of nitrogens with zero attached hydrogens (tertiary/aromatic N) is 3. The Hall–Kier alpha value is -3.20. The van der Waals surface area contributed by atoms with E-state index in [9.17, 15) is 4.79 Å². The van der Waals surface area contributed by atoms with Gasteiger partial charge in [-0.15, -0.1) is 10.2 Å². The van der Waals surface area contributed by atoms with Gasteiger partial charge in [0, 0.05) is 0 Å². The maximum atomic E-state index is 12.2. The summed E-state index contributed by atoms with van der Waals surface area (Å²) in [7, 11) is 3.13. The molecule has 0 aliphatic rings. The van der Waals surface area contributed by atoms with Crippen molar-refractivity contribution in [3.63, 3.8) is 0 Å². The standard InChI is InChI=1S/C18H19N5O3S/c1-25-14-9-5-3-7-12(14)17-21-22-18(23(17)19)27-11-16(24)20-13-8-4-6-10-15(13)26-2/h3-10H,11,19H2,1-2H3,(H,20,24). The van der Waals surface area contributed by atoms with Crippen molar-refractivity contribution >= 4 is 23.4 Å². The monoisotopic (exact) mass is 385 g/mol. The summed E-state index contributed by atoms with van der Waals surface area (Å²) in [5, 5.41) is 11.4. The zero-order valence-corrected chi connectivity index (χ0v) is 15.7. The summed E-state index contributed by atoms with van der Waals surface area (Å²) < 4.78 is 11.9. The van der Waals surface area contributed by atoms with Crippen molar-refractivity contribution in [1.29, 1.82) is 0 Å². The van der Waals surface area contributed by atoms with Crippen molar-refractivity contribution in [1.82, 2.24) is 14.9 Å². The molecule has 0 unspecified atom stereocenters. The molecule has 1 aromatic heterocycles. The van der Waals surface area contributed by atoms with Crippen LogP contribution in [0.2, 0.25) is 0 Å². The molecule has 0 fully saturated rings. The van der Waals surface area contributed by atoms with E-state index < -0.39 is 0 Å². The quantitative estimate of drug-likeness (QED) is 0.475. The lowest BCUT2D eigenvalue weighted by molar-refractivity contribution is -0.113. The molecule has 3 aromatic rings. The zero-order chi connectivity index (χ0) is 19.2. The second-order valence-electron chi connectivity index (χ2n) is 5.41. The average Bonchev–Trinajstić information content (AvgIpc) is 3.07. The van der Waals surface area contributed by atoms with Crippen molar-refractivity contribution in [3.05, 3.63) is 48.5 Å². The van der Waals surface area contributed by atoms with Gasteiger partial charge in [-0.05, 0) is 24.3 Å². The van der Waals surface area contributed by atoms with Gasteiger partial charge >= 0.3 is 0 Å². The number of para-hydroxylation sites is 3. The largest absolute Gasteiger partial charge is 0.496 e. The first-order valence-electron chi connectivity index (χ1n) is 8.03. The van der Waals surface area contributed by atoms with Crippen molar-refractivity contribution in [2.24, 2.45) is 0 Å². The molecular formula is C18H19N5O3S. The average molecular weight is 385 g/mol. The summed E-state index contributed by atoms with van der Waals surface area (Å²) in [5.74, 6) is 7.72. The highest BCUT2D eigenvalue weighted by atomic mass is 32.2. The van der Waals surface area contributed by atoms with Crippen LogP contribution in [0, 0.1) is 0 Å². The Morgan fingerprint density at radius 1 is 1.07 bits per heavy atom. The normalized spacial score (nSPS) is 10.4. The maximum absolute atomic E-state index is 12.2. The lowest BCUT2D eigenvalue weighted by Crippen LogP contribution is -2.17. The highest BCUT2D eigenvalue weighted by Gasteiger charge is 2.17. The van der Waals surface area contributed by atoms with Crippen molar-refractivity contribution in [3.8, 4) is 22.9 Å². The number of aromatic nitrogens is 3. The lowest BCUT2D eigenvalue weighted by atomic mass is 10.2. The number of nitrogen functional groups attached to an aromatic ring is 1. The van der Waals surface area contributed by atoms with E-state index in [1.807, 2.05) is 36.4 Å². The fraction of sp³-hybridized carbons (Fsp3) is 0.167. The third kappa shape index (κ3) is 4.14. The molecule has 8 nitrogen and oxygen atoms in total. The minimum Gasteiger partial charge on any atom is -0.496 e. The van der Waals surface area contributed by atoms with E-state index in [1.165, 1.54) is 16.4 Å². The Morgan fingerprint density at radius 3 is 2.48 bits per heavy atom. The summed E-state index contributed by atoms with van der Waals surface area (Å²) in [4.78, 5) is 12.2. The fourth-order valence-electron chi connectivity index (χ4n) is 2.45. The number of nitrogens with one attached hydrogen (secondary N) is 1. The van der Waals surface area contributed by atoms with E-state index in [4.69, 9.17) is 15.3 Å². The highest BCUT2D eigenvalue weighted by Crippen LogP contribution is 2.29. The van der Waals surface area contributed by atoms with Gasteiger partial charge in [0.2, 0.25) is 11.1 Å². The fourth-order valence-corrected chi connectivity index (χ4v) is 3.11. The summed E-state index contributed by atoms with van der Waals surface area (Å²) in [6.07, 6.45) is 0. The minimum atomic E-state index is -0.202. The summed E-state index contributed by atoms with van der Waals surface area (Å²) in [6, 6.07) is 14.6. The van der Waals surface area contributed by atoms with Crippen LogP contribution in [0.3, 0.4) is 0 Å². The first kappa shape index (κ1) is 18.6. The van der Waals surface area contributed by atoms with Crippen molar-refractivity contribution in [2.45, 2.75) is 5.16 Å². The van der Waals surface area contributed by atoms with Gasteiger partial charge in [-0.1, -0.05) is 36.0 Å². The molecular weight excluding hydrogens is 366 g/mol. The van der Waals surface area contributed by atoms with Crippen LogP contribution in [0.1, 0.15) is 0 Å². The number of amides is 1. The summed E-state index contributed by atoms with van der Waals surface area (Å²) >= 11 is 1.19. The Labute approximate surface area is 160 Å². The molecule has 1 heterocycles. The maximum Gasteiger partial charge on any atom is 0.234 e. The third-order valence-corrected chi connectivity index (χ3v) is 4.67. The van der Waals surface area contributed by atoms with Crippen LogP contribution in [-0.2, 0) is 4.79 Å². The molecule has 0 saturated heterocycles. The Kier molecular flexibility index (Phi) is 5.82. The number of benzene rings is 2. The minimum absolute atomic E-state index is 0.124. The van der Waals surface area contributed by atoms with Gasteiger partial charge in [0.05, 0.1) is 31.2 Å². The van der Waals surface area contributed by atoms with E-state index in [-0.39, 0.29) is 11.7 Å². The molecule has 1 amide bonds. The first-order valence-corrected chi connectivity index (χ1v) is 9.02. The number of hydrogen-bond acceptors (Lipinski definition) is 7. The molecule has 3 rings (SSSR count). The molecule has 2 aromatic carbocycles. The number of thioether (sulfide) groups is 1. The van der Waals surface area contributed by atoms with Crippen LogP contribution in [0.4, 0.5) is 5.69 Å². The zero-order valence-electron chi connectivity index (χ0n) is 14.9. The van der Waals surface area contributed by atoms with Crippen LogP contribution in [0.5, 0.6) is 11.5 Å². The van der Waals surface area contributed by atoms with Gasteiger partial charge in [0.25, 0.3) is 0 Å². The number of rotatable bonds is 7. The molecule has 0 spiro atoms. The second-order valence-corrected chi connectivity index (χ2v) is 6.36. The molecule has 27 heavy (non-hydrogen) atoms. The van der Waals surface area contributed by atoms with Crippen LogP contribution in [0.15, 0.2) is 53.7 Å². The molecule has 0 aliphatic carbocycles. The molecule has 0 aliphatic heterocycles. The van der Waals surface area contributed by atoms with Gasteiger partial charge in [0.1, 0.15) is 11.5 Å². The number of ether oxygens (including phenoxy) is 2. The molecule has 3 N–H and O–H groups in total. The smallest absolute Gasteiger partial charge is 0.234 e. The Morgan fingerprint density at radius 2 is 1.74 bits per heavy atom. The number of methoxy groups -OCH3 is 2. The lowest BCUT2D eigenvalue weighted by Gasteiger charge is -2.10. The van der Waals surface area contributed by atoms with Gasteiger partial charge in [-0.2, -0.15) is 0 Å². The number of anilines is 1. The third-order valence-electron chi connectivity index (χ3n) is 3.73. The van der Waals surface area contributed by atoms with Crippen molar-refractivity contribution < 1.29 is 14.3 Å². The van der Waals surface area contributed by atoms with Crippen LogP contribution < -0.4 is 20.6 Å². The SMILES string of the molecule is COc1ccccc1NC(=O)CSc1nnc(-c2ccccc2OC)n1N. The number of hydrogen-bond donors (Lipinski definition) is 2. The second kappa shape index (κ2) is 8.45. The van der Waals surface area contributed by atoms with E-state index in [2.05, 4.69) is 15.5 Å². The van der Waals surface area contributed by atoms with Gasteiger partial charge in [-0.3, -0.25) is 4.79 Å². The summed E-state index contributed by atoms with van der Waals surface area (Å²) in [5.41, 5.74) is 1.33. The van der Waals surface area contributed by atoms with Crippen LogP contribution in [-0.4, -0.2) is 40.8 Å². The first-order chi connectivity index (χ1) is 13.1. The predicted octanol–water partition coefficient (Wildman–Crippen LogP) is 2.41. The molecule has 9 heteroatoms. The molecule has 0 bridgehead atoms. The predicted molar refractivity (Wildman–Crippen MR) is 105 cm³/mol. The Balaban J connectivity index is 1.69. The van der Waals surface area contributed by atoms with E-state index >= 15 is 0 Å².